The van der Waals surface area contributed by atoms with Crippen LogP contribution < -0.4 is 10.1 Å². The molecule has 2 heterocycles. The topological polar surface area (TPSA) is 80.8 Å². The fourth-order valence-corrected chi connectivity index (χ4v) is 3.24. The lowest BCUT2D eigenvalue weighted by Crippen LogP contribution is -2.41. The Hall–Kier alpha value is -3.07. The summed E-state index contributed by atoms with van der Waals surface area (Å²) in [5.74, 6) is -2.33. The predicted octanol–water partition coefficient (Wildman–Crippen LogP) is 2.88. The van der Waals surface area contributed by atoms with Gasteiger partial charge in [-0.3, -0.25) is 9.59 Å². The van der Waals surface area contributed by atoms with E-state index >= 15 is 0 Å². The molecule has 1 N–H and O–H groups in total. The van der Waals surface area contributed by atoms with Gasteiger partial charge in [-0.2, -0.15) is 0 Å². The summed E-state index contributed by atoms with van der Waals surface area (Å²) < 4.78 is 37.4. The number of pyridine rings is 1. The monoisotopic (exact) mass is 419 g/mol. The summed E-state index contributed by atoms with van der Waals surface area (Å²) in [5.41, 5.74) is 0.290. The molecule has 2 amide bonds. The number of aromatic nitrogens is 1. The molecule has 3 rings (SSSR count). The first-order chi connectivity index (χ1) is 14.5. The maximum absolute atomic E-state index is 13.9. The highest BCUT2D eigenvalue weighted by Gasteiger charge is 2.29. The molecule has 0 bridgehead atoms. The summed E-state index contributed by atoms with van der Waals surface area (Å²) in [7, 11) is 1.56. The van der Waals surface area contributed by atoms with Crippen LogP contribution in [0.25, 0.3) is 0 Å². The third-order valence-electron chi connectivity index (χ3n) is 4.87. The number of ether oxygens (including phenoxy) is 2. The summed E-state index contributed by atoms with van der Waals surface area (Å²) in [4.78, 5) is 30.8. The van der Waals surface area contributed by atoms with Gasteiger partial charge in [-0.15, -0.1) is 0 Å². The predicted molar refractivity (Wildman–Crippen MR) is 105 cm³/mol. The highest BCUT2D eigenvalue weighted by atomic mass is 19.1. The van der Waals surface area contributed by atoms with Gasteiger partial charge in [0.2, 0.25) is 11.8 Å². The van der Waals surface area contributed by atoms with Crippen LogP contribution in [0.4, 0.5) is 14.5 Å². The van der Waals surface area contributed by atoms with Gasteiger partial charge in [0.25, 0.3) is 5.91 Å². The van der Waals surface area contributed by atoms with Crippen molar-refractivity contribution < 1.29 is 27.8 Å². The number of amides is 2. The van der Waals surface area contributed by atoms with Crippen LogP contribution in [0.1, 0.15) is 23.2 Å². The minimum atomic E-state index is -0.891. The fourth-order valence-electron chi connectivity index (χ4n) is 3.24. The molecule has 1 aromatic heterocycles. The Morgan fingerprint density at radius 2 is 1.97 bits per heavy atom. The van der Waals surface area contributed by atoms with Crippen molar-refractivity contribution >= 4 is 17.5 Å². The van der Waals surface area contributed by atoms with Crippen LogP contribution in [-0.2, 0) is 9.53 Å². The molecule has 30 heavy (non-hydrogen) atoms. The average molecular weight is 419 g/mol. The zero-order valence-corrected chi connectivity index (χ0v) is 16.6. The molecular formula is C21H23F2N3O4. The zero-order chi connectivity index (χ0) is 21.5. The Labute approximate surface area is 173 Å². The first kappa shape index (κ1) is 21.6. The largest absolute Gasteiger partial charge is 0.474 e. The molecule has 0 spiro atoms. The van der Waals surface area contributed by atoms with E-state index in [1.165, 1.54) is 4.90 Å². The van der Waals surface area contributed by atoms with E-state index in [0.717, 1.165) is 12.1 Å². The van der Waals surface area contributed by atoms with E-state index in [0.29, 0.717) is 56.8 Å². The van der Waals surface area contributed by atoms with Crippen LogP contribution in [0.15, 0.2) is 36.5 Å². The summed E-state index contributed by atoms with van der Waals surface area (Å²) in [6, 6.07) is 6.27. The number of nitrogens with zero attached hydrogens (tertiary/aromatic N) is 2. The molecule has 0 unspecified atom stereocenters. The van der Waals surface area contributed by atoms with E-state index in [1.807, 2.05) is 0 Å². The number of hydrogen-bond acceptors (Lipinski definition) is 5. The average Bonchev–Trinajstić information content (AvgIpc) is 2.75. The molecule has 2 aromatic rings. The number of halogens is 2. The Bertz CT molecular complexity index is 902. The van der Waals surface area contributed by atoms with Gasteiger partial charge in [0.05, 0.1) is 12.2 Å². The summed E-state index contributed by atoms with van der Waals surface area (Å²) in [5, 5.41) is 2.83. The van der Waals surface area contributed by atoms with Crippen molar-refractivity contribution in [2.75, 3.05) is 38.7 Å². The highest BCUT2D eigenvalue weighted by molar-refractivity contribution is 5.96. The Balaban J connectivity index is 1.56. The molecule has 1 aromatic carbocycles. The second-order valence-electron chi connectivity index (χ2n) is 6.88. The van der Waals surface area contributed by atoms with E-state index in [4.69, 9.17) is 9.47 Å². The molecule has 0 aliphatic carbocycles. The third kappa shape index (κ3) is 5.29. The Morgan fingerprint density at radius 3 is 2.67 bits per heavy atom. The minimum Gasteiger partial charge on any atom is -0.474 e. The van der Waals surface area contributed by atoms with Gasteiger partial charge in [-0.1, -0.05) is 0 Å². The van der Waals surface area contributed by atoms with Gasteiger partial charge in [-0.05, 0) is 37.1 Å². The van der Waals surface area contributed by atoms with Crippen LogP contribution in [0.5, 0.6) is 5.88 Å². The summed E-state index contributed by atoms with van der Waals surface area (Å²) in [6.07, 6.45) is 2.43. The summed E-state index contributed by atoms with van der Waals surface area (Å²) >= 11 is 0. The summed E-state index contributed by atoms with van der Waals surface area (Å²) in [6.45, 7) is 1.30. The normalized spacial score (nSPS) is 14.4. The number of benzene rings is 1. The molecule has 1 aliphatic heterocycles. The molecule has 0 radical (unpaired) electrons. The lowest BCUT2D eigenvalue weighted by Gasteiger charge is -2.31. The van der Waals surface area contributed by atoms with Crippen molar-refractivity contribution in [2.24, 2.45) is 5.92 Å². The van der Waals surface area contributed by atoms with Crippen LogP contribution in [0.3, 0.4) is 0 Å². The maximum atomic E-state index is 13.9. The number of carbonyl (C=O) groups excluding carboxylic acids is 2. The smallest absolute Gasteiger partial charge is 0.256 e. The van der Waals surface area contributed by atoms with E-state index in [9.17, 15) is 18.4 Å². The molecule has 1 saturated heterocycles. The van der Waals surface area contributed by atoms with Gasteiger partial charge in [0, 0.05) is 38.4 Å². The molecule has 7 nitrogen and oxygen atoms in total. The number of nitrogens with one attached hydrogen (secondary N) is 1. The second kappa shape index (κ2) is 10.1. The number of rotatable bonds is 7. The quantitative estimate of drug-likeness (QED) is 0.698. The molecular weight excluding hydrogens is 396 g/mol. The molecule has 9 heteroatoms. The number of piperidine rings is 1. The van der Waals surface area contributed by atoms with Gasteiger partial charge < -0.3 is 19.7 Å². The first-order valence-electron chi connectivity index (χ1n) is 9.61. The standard InChI is InChI=1S/C21H23F2N3O4/c1-29-11-12-30-20-18(3-2-8-24-20)25-19(27)14-6-9-26(10-7-14)21(28)16-5-4-15(22)13-17(16)23/h2-5,8,13-14H,6-7,9-12H2,1H3,(H,25,27). The Kier molecular flexibility index (Phi) is 7.29. The van der Waals surface area contributed by atoms with Crippen molar-refractivity contribution in [1.29, 1.82) is 0 Å². The van der Waals surface area contributed by atoms with Crippen molar-refractivity contribution in [2.45, 2.75) is 12.8 Å². The van der Waals surface area contributed by atoms with Gasteiger partial charge in [0.15, 0.2) is 0 Å². The van der Waals surface area contributed by atoms with E-state index in [2.05, 4.69) is 10.3 Å². The number of carbonyl (C=O) groups is 2. The minimum absolute atomic E-state index is 0.174. The van der Waals surface area contributed by atoms with Crippen molar-refractivity contribution in [3.8, 4) is 5.88 Å². The number of likely N-dealkylation sites (tertiary alicyclic amines) is 1. The number of anilines is 1. The Morgan fingerprint density at radius 1 is 1.20 bits per heavy atom. The van der Waals surface area contributed by atoms with Crippen LogP contribution in [0, 0.1) is 17.6 Å². The van der Waals surface area contributed by atoms with E-state index in [-0.39, 0.29) is 17.4 Å². The lowest BCUT2D eigenvalue weighted by molar-refractivity contribution is -0.121. The van der Waals surface area contributed by atoms with Gasteiger partial charge in [0.1, 0.15) is 23.9 Å². The third-order valence-corrected chi connectivity index (χ3v) is 4.87. The second-order valence-corrected chi connectivity index (χ2v) is 6.88. The molecule has 0 saturated carbocycles. The highest BCUT2D eigenvalue weighted by Crippen LogP contribution is 2.25. The SMILES string of the molecule is COCCOc1ncccc1NC(=O)C1CCN(C(=O)c2ccc(F)cc2F)CC1. The van der Waals surface area contributed by atoms with E-state index in [1.54, 1.807) is 25.4 Å². The zero-order valence-electron chi connectivity index (χ0n) is 16.6. The number of hydrogen-bond donors (Lipinski definition) is 1. The lowest BCUT2D eigenvalue weighted by atomic mass is 9.95. The molecule has 1 fully saturated rings. The van der Waals surface area contributed by atoms with Crippen LogP contribution in [-0.4, -0.2) is 55.1 Å². The van der Waals surface area contributed by atoms with Gasteiger partial charge in [-0.25, -0.2) is 13.8 Å². The fraction of sp³-hybridized carbons (Fsp3) is 0.381. The van der Waals surface area contributed by atoms with Crippen molar-refractivity contribution in [1.82, 2.24) is 9.88 Å². The molecule has 1 aliphatic rings. The van der Waals surface area contributed by atoms with Crippen LogP contribution in [0.2, 0.25) is 0 Å². The van der Waals surface area contributed by atoms with Gasteiger partial charge >= 0.3 is 0 Å². The van der Waals surface area contributed by atoms with Crippen molar-refractivity contribution in [3.05, 3.63) is 53.7 Å². The number of methoxy groups -OCH3 is 1. The molecule has 0 atom stereocenters. The maximum Gasteiger partial charge on any atom is 0.256 e. The van der Waals surface area contributed by atoms with Crippen LogP contribution >= 0.6 is 0 Å². The molecule has 160 valence electrons. The van der Waals surface area contributed by atoms with Crippen molar-refractivity contribution in [3.63, 3.8) is 0 Å². The van der Waals surface area contributed by atoms with E-state index < -0.39 is 17.5 Å². The first-order valence-corrected chi connectivity index (χ1v) is 9.61.